The molecule has 1 aliphatic carbocycles. The summed E-state index contributed by atoms with van der Waals surface area (Å²) in [6, 6.07) is 3.56. The van der Waals surface area contributed by atoms with Gasteiger partial charge in [-0.25, -0.2) is 0 Å². The number of hydrogen-bond donors (Lipinski definition) is 3. The quantitative estimate of drug-likeness (QED) is 0.765. The molecule has 124 valence electrons. The zero-order valence-electron chi connectivity index (χ0n) is 13.3. The van der Waals surface area contributed by atoms with E-state index in [0.29, 0.717) is 18.2 Å². The lowest BCUT2D eigenvalue weighted by molar-refractivity contribution is -0.134. The highest BCUT2D eigenvalue weighted by Crippen LogP contribution is 2.43. The fourth-order valence-corrected chi connectivity index (χ4v) is 3.82. The molecule has 2 amide bonds. The van der Waals surface area contributed by atoms with E-state index in [2.05, 4.69) is 20.9 Å². The van der Waals surface area contributed by atoms with Crippen molar-refractivity contribution in [2.24, 2.45) is 11.3 Å². The van der Waals surface area contributed by atoms with Crippen LogP contribution < -0.4 is 16.0 Å². The monoisotopic (exact) mass is 316 g/mol. The van der Waals surface area contributed by atoms with Crippen molar-refractivity contribution in [1.82, 2.24) is 15.6 Å². The van der Waals surface area contributed by atoms with Crippen LogP contribution in [0.3, 0.4) is 0 Å². The Labute approximate surface area is 136 Å². The highest BCUT2D eigenvalue weighted by Gasteiger charge is 2.49. The topological polar surface area (TPSA) is 83.1 Å². The highest BCUT2D eigenvalue weighted by molar-refractivity contribution is 5.91. The molecule has 3 N–H and O–H groups in total. The molecule has 1 saturated carbocycles. The maximum absolute atomic E-state index is 12.6. The molecule has 0 radical (unpaired) electrons. The summed E-state index contributed by atoms with van der Waals surface area (Å²) in [5.74, 6) is 0.447. The summed E-state index contributed by atoms with van der Waals surface area (Å²) >= 11 is 0. The van der Waals surface area contributed by atoms with Crippen LogP contribution in [-0.2, 0) is 9.59 Å². The highest BCUT2D eigenvalue weighted by atomic mass is 16.2. The zero-order chi connectivity index (χ0) is 16.1. The summed E-state index contributed by atoms with van der Waals surface area (Å²) in [5.41, 5.74) is 0.424. The third-order valence-electron chi connectivity index (χ3n) is 5.07. The number of amides is 2. The van der Waals surface area contributed by atoms with Crippen LogP contribution in [0.5, 0.6) is 0 Å². The third kappa shape index (κ3) is 3.52. The van der Waals surface area contributed by atoms with Crippen LogP contribution in [0.15, 0.2) is 24.5 Å². The fraction of sp³-hybridized carbons (Fsp3) is 0.588. The molecule has 1 aliphatic heterocycles. The Morgan fingerprint density at radius 1 is 1.39 bits per heavy atom. The van der Waals surface area contributed by atoms with Gasteiger partial charge in [0.2, 0.25) is 11.8 Å². The fourth-order valence-electron chi connectivity index (χ4n) is 3.82. The number of nitrogens with zero attached hydrogens (tertiary/aromatic N) is 1. The molecule has 23 heavy (non-hydrogen) atoms. The van der Waals surface area contributed by atoms with Gasteiger partial charge in [0.25, 0.3) is 0 Å². The molecule has 1 aromatic heterocycles. The van der Waals surface area contributed by atoms with Crippen LogP contribution in [0.4, 0.5) is 5.69 Å². The maximum atomic E-state index is 12.6. The van der Waals surface area contributed by atoms with E-state index in [1.54, 1.807) is 24.5 Å². The average Bonchev–Trinajstić information content (AvgIpc) is 3.01. The first-order valence-electron chi connectivity index (χ1n) is 8.40. The van der Waals surface area contributed by atoms with Gasteiger partial charge < -0.3 is 16.0 Å². The number of pyridine rings is 1. The third-order valence-corrected chi connectivity index (χ3v) is 5.07. The number of carbonyl (C=O) groups is 2. The molecule has 3 rings (SSSR count). The van der Waals surface area contributed by atoms with Crippen molar-refractivity contribution in [2.45, 2.75) is 32.1 Å². The second-order valence-electron chi connectivity index (χ2n) is 6.53. The molecule has 2 fully saturated rings. The van der Waals surface area contributed by atoms with Gasteiger partial charge >= 0.3 is 0 Å². The van der Waals surface area contributed by atoms with Crippen molar-refractivity contribution in [3.05, 3.63) is 24.5 Å². The van der Waals surface area contributed by atoms with E-state index in [4.69, 9.17) is 0 Å². The SMILES string of the molecule is O=C(CCNC(=O)[C@@]12CCCC[C@H]1CNC2)Nc1cccnc1. The summed E-state index contributed by atoms with van der Waals surface area (Å²) in [7, 11) is 0. The van der Waals surface area contributed by atoms with E-state index in [-0.39, 0.29) is 23.7 Å². The van der Waals surface area contributed by atoms with E-state index < -0.39 is 0 Å². The Hall–Kier alpha value is -1.95. The molecule has 2 heterocycles. The summed E-state index contributed by atoms with van der Waals surface area (Å²) in [5, 5.41) is 9.12. The summed E-state index contributed by atoms with van der Waals surface area (Å²) < 4.78 is 0. The van der Waals surface area contributed by atoms with Crippen molar-refractivity contribution in [2.75, 3.05) is 25.0 Å². The Kier molecular flexibility index (Phi) is 4.91. The standard InChI is InChI=1S/C17H24N4O2/c22-15(21-14-5-3-8-18-11-14)6-9-20-16(23)17-7-2-1-4-13(17)10-19-12-17/h3,5,8,11,13,19H,1-2,4,6-7,9-10,12H2,(H,20,23)(H,21,22)/t13-,17+/m0/s1. The number of aromatic nitrogens is 1. The van der Waals surface area contributed by atoms with Crippen molar-refractivity contribution in [3.8, 4) is 0 Å². The zero-order valence-corrected chi connectivity index (χ0v) is 13.3. The number of nitrogens with one attached hydrogen (secondary N) is 3. The molecular formula is C17H24N4O2. The van der Waals surface area contributed by atoms with Crippen LogP contribution in [0.1, 0.15) is 32.1 Å². The van der Waals surface area contributed by atoms with Gasteiger partial charge in [-0.05, 0) is 37.4 Å². The number of anilines is 1. The van der Waals surface area contributed by atoms with Crippen molar-refractivity contribution >= 4 is 17.5 Å². The Bertz CT molecular complexity index is 563. The smallest absolute Gasteiger partial charge is 0.227 e. The number of hydrogen-bond acceptors (Lipinski definition) is 4. The molecular weight excluding hydrogens is 292 g/mol. The molecule has 1 aromatic rings. The summed E-state index contributed by atoms with van der Waals surface area (Å²) in [6.07, 6.45) is 7.95. The van der Waals surface area contributed by atoms with Gasteiger partial charge in [0.1, 0.15) is 0 Å². The lowest BCUT2D eigenvalue weighted by atomic mass is 9.67. The van der Waals surface area contributed by atoms with Crippen LogP contribution in [0.2, 0.25) is 0 Å². The largest absolute Gasteiger partial charge is 0.355 e. The minimum absolute atomic E-state index is 0.111. The molecule has 2 atom stereocenters. The normalized spacial score (nSPS) is 26.3. The maximum Gasteiger partial charge on any atom is 0.227 e. The summed E-state index contributed by atoms with van der Waals surface area (Å²) in [4.78, 5) is 28.5. The average molecular weight is 316 g/mol. The molecule has 0 bridgehead atoms. The predicted octanol–water partition coefficient (Wildman–Crippen LogP) is 1.31. The summed E-state index contributed by atoms with van der Waals surface area (Å²) in [6.45, 7) is 2.08. The van der Waals surface area contributed by atoms with Gasteiger partial charge in [-0.3, -0.25) is 14.6 Å². The lowest BCUT2D eigenvalue weighted by Gasteiger charge is -2.37. The Morgan fingerprint density at radius 2 is 2.30 bits per heavy atom. The second-order valence-corrected chi connectivity index (χ2v) is 6.53. The molecule has 2 aliphatic rings. The first-order valence-corrected chi connectivity index (χ1v) is 8.40. The first-order chi connectivity index (χ1) is 11.2. The minimum atomic E-state index is -0.252. The van der Waals surface area contributed by atoms with Crippen LogP contribution in [0, 0.1) is 11.3 Å². The molecule has 6 heteroatoms. The molecule has 0 aromatic carbocycles. The minimum Gasteiger partial charge on any atom is -0.355 e. The van der Waals surface area contributed by atoms with E-state index in [1.807, 2.05) is 0 Å². The van der Waals surface area contributed by atoms with E-state index in [1.165, 1.54) is 6.42 Å². The van der Waals surface area contributed by atoms with Gasteiger partial charge in [-0.15, -0.1) is 0 Å². The van der Waals surface area contributed by atoms with E-state index in [9.17, 15) is 9.59 Å². The second kappa shape index (κ2) is 7.08. The number of fused-ring (bicyclic) bond motifs is 1. The number of carbonyl (C=O) groups excluding carboxylic acids is 2. The van der Waals surface area contributed by atoms with E-state index >= 15 is 0 Å². The Morgan fingerprint density at radius 3 is 3.13 bits per heavy atom. The molecule has 1 saturated heterocycles. The number of rotatable bonds is 5. The lowest BCUT2D eigenvalue weighted by Crippen LogP contribution is -2.48. The Balaban J connectivity index is 1.46. The van der Waals surface area contributed by atoms with Crippen molar-refractivity contribution in [1.29, 1.82) is 0 Å². The predicted molar refractivity (Wildman–Crippen MR) is 87.8 cm³/mol. The van der Waals surface area contributed by atoms with Crippen molar-refractivity contribution < 1.29 is 9.59 Å². The van der Waals surface area contributed by atoms with Crippen molar-refractivity contribution in [3.63, 3.8) is 0 Å². The van der Waals surface area contributed by atoms with Gasteiger partial charge in [-0.2, -0.15) is 0 Å². The molecule has 6 nitrogen and oxygen atoms in total. The first kappa shape index (κ1) is 15.9. The van der Waals surface area contributed by atoms with Gasteiger partial charge in [0.05, 0.1) is 17.3 Å². The van der Waals surface area contributed by atoms with Gasteiger partial charge in [-0.1, -0.05) is 12.8 Å². The van der Waals surface area contributed by atoms with Crippen LogP contribution in [0.25, 0.3) is 0 Å². The van der Waals surface area contributed by atoms with Gasteiger partial charge in [0.15, 0.2) is 0 Å². The van der Waals surface area contributed by atoms with Gasteiger partial charge in [0, 0.05) is 25.7 Å². The van der Waals surface area contributed by atoms with E-state index in [0.717, 1.165) is 32.4 Å². The molecule has 0 unspecified atom stereocenters. The molecule has 0 spiro atoms. The van der Waals surface area contributed by atoms with Crippen LogP contribution in [-0.4, -0.2) is 36.4 Å². The van der Waals surface area contributed by atoms with Crippen LogP contribution >= 0.6 is 0 Å².